The van der Waals surface area contributed by atoms with E-state index in [9.17, 15) is 9.18 Å². The second-order valence-electron chi connectivity index (χ2n) is 3.91. The van der Waals surface area contributed by atoms with Gasteiger partial charge < -0.3 is 4.74 Å². The first-order chi connectivity index (χ1) is 7.63. The van der Waals surface area contributed by atoms with Gasteiger partial charge in [-0.25, -0.2) is 4.39 Å². The van der Waals surface area contributed by atoms with E-state index in [-0.39, 0.29) is 17.7 Å². The first-order valence-corrected chi connectivity index (χ1v) is 5.20. The molecule has 16 heavy (non-hydrogen) atoms. The first-order valence-electron chi connectivity index (χ1n) is 5.20. The lowest BCUT2D eigenvalue weighted by atomic mass is 9.95. The third-order valence-electron chi connectivity index (χ3n) is 2.95. The van der Waals surface area contributed by atoms with E-state index < -0.39 is 0 Å². The SMILES string of the molecule is COC(=O)C(C)C1=CCc2ccc(F)cc21. The van der Waals surface area contributed by atoms with E-state index in [0.29, 0.717) is 0 Å². The molecule has 0 amide bonds. The van der Waals surface area contributed by atoms with Gasteiger partial charge >= 0.3 is 5.97 Å². The Kier molecular flexibility index (Phi) is 2.77. The monoisotopic (exact) mass is 220 g/mol. The summed E-state index contributed by atoms with van der Waals surface area (Å²) >= 11 is 0. The molecule has 1 aliphatic rings. The molecule has 2 nitrogen and oxygen atoms in total. The zero-order chi connectivity index (χ0) is 11.7. The number of hydrogen-bond acceptors (Lipinski definition) is 2. The molecule has 0 aliphatic heterocycles. The van der Waals surface area contributed by atoms with Crippen molar-refractivity contribution in [2.45, 2.75) is 13.3 Å². The Morgan fingerprint density at radius 2 is 2.25 bits per heavy atom. The number of benzene rings is 1. The number of rotatable bonds is 2. The fourth-order valence-electron chi connectivity index (χ4n) is 2.04. The van der Waals surface area contributed by atoms with Gasteiger partial charge in [-0.05, 0) is 42.2 Å². The summed E-state index contributed by atoms with van der Waals surface area (Å²) in [5.41, 5.74) is 2.76. The van der Waals surface area contributed by atoms with Crippen LogP contribution in [-0.4, -0.2) is 13.1 Å². The molecule has 1 aromatic rings. The van der Waals surface area contributed by atoms with Crippen LogP contribution in [0, 0.1) is 11.7 Å². The lowest BCUT2D eigenvalue weighted by Crippen LogP contribution is -2.13. The Morgan fingerprint density at radius 1 is 1.50 bits per heavy atom. The van der Waals surface area contributed by atoms with Gasteiger partial charge in [-0.2, -0.15) is 0 Å². The summed E-state index contributed by atoms with van der Waals surface area (Å²) in [6.07, 6.45) is 2.72. The van der Waals surface area contributed by atoms with E-state index in [1.807, 2.05) is 6.08 Å². The van der Waals surface area contributed by atoms with Crippen molar-refractivity contribution in [3.05, 3.63) is 41.2 Å². The Morgan fingerprint density at radius 3 is 2.94 bits per heavy atom. The largest absolute Gasteiger partial charge is 0.469 e. The molecule has 0 N–H and O–H groups in total. The second-order valence-corrected chi connectivity index (χ2v) is 3.91. The number of fused-ring (bicyclic) bond motifs is 1. The van der Waals surface area contributed by atoms with Crippen molar-refractivity contribution in [2.75, 3.05) is 7.11 Å². The zero-order valence-electron chi connectivity index (χ0n) is 9.29. The van der Waals surface area contributed by atoms with E-state index in [1.54, 1.807) is 13.0 Å². The van der Waals surface area contributed by atoms with Crippen LogP contribution in [0.5, 0.6) is 0 Å². The molecule has 0 spiro atoms. The molecule has 1 atom stereocenters. The van der Waals surface area contributed by atoms with Crippen LogP contribution >= 0.6 is 0 Å². The normalized spacial score (nSPS) is 15.3. The van der Waals surface area contributed by atoms with Gasteiger partial charge in [0.1, 0.15) is 5.82 Å². The minimum absolute atomic E-state index is 0.274. The fourth-order valence-corrected chi connectivity index (χ4v) is 2.04. The van der Waals surface area contributed by atoms with Crippen molar-refractivity contribution in [3.8, 4) is 0 Å². The summed E-state index contributed by atoms with van der Waals surface area (Å²) < 4.78 is 17.8. The van der Waals surface area contributed by atoms with Gasteiger partial charge in [0.2, 0.25) is 0 Å². The molecule has 2 rings (SSSR count). The molecular weight excluding hydrogens is 207 g/mol. The first kappa shape index (κ1) is 10.9. The van der Waals surface area contributed by atoms with Crippen LogP contribution in [0.1, 0.15) is 18.1 Å². The predicted molar refractivity (Wildman–Crippen MR) is 59.3 cm³/mol. The topological polar surface area (TPSA) is 26.3 Å². The Labute approximate surface area is 93.7 Å². The third kappa shape index (κ3) is 1.73. The zero-order valence-corrected chi connectivity index (χ0v) is 9.29. The highest BCUT2D eigenvalue weighted by atomic mass is 19.1. The smallest absolute Gasteiger partial charge is 0.312 e. The Bertz CT molecular complexity index is 463. The van der Waals surface area contributed by atoms with E-state index in [0.717, 1.165) is 23.1 Å². The van der Waals surface area contributed by atoms with Gasteiger partial charge in [-0.3, -0.25) is 4.79 Å². The van der Waals surface area contributed by atoms with E-state index in [4.69, 9.17) is 4.74 Å². The standard InChI is InChI=1S/C13H13FO2/c1-8(13(15)16-2)11-6-4-9-3-5-10(14)7-12(9)11/h3,5-8H,4H2,1-2H3. The van der Waals surface area contributed by atoms with Gasteiger partial charge in [0.15, 0.2) is 0 Å². The number of ether oxygens (including phenoxy) is 1. The van der Waals surface area contributed by atoms with Gasteiger partial charge in [0.05, 0.1) is 13.0 Å². The number of allylic oxidation sites excluding steroid dienone is 1. The molecule has 0 bridgehead atoms. The van der Waals surface area contributed by atoms with Crippen molar-refractivity contribution in [3.63, 3.8) is 0 Å². The highest BCUT2D eigenvalue weighted by Gasteiger charge is 2.24. The summed E-state index contributed by atoms with van der Waals surface area (Å²) in [5.74, 6) is -0.903. The molecule has 0 saturated carbocycles. The van der Waals surface area contributed by atoms with Gasteiger partial charge in [0.25, 0.3) is 0 Å². The Hall–Kier alpha value is -1.64. The molecule has 84 valence electrons. The number of hydrogen-bond donors (Lipinski definition) is 0. The van der Waals surface area contributed by atoms with Crippen molar-refractivity contribution < 1.29 is 13.9 Å². The average molecular weight is 220 g/mol. The number of halogens is 1. The molecule has 1 unspecified atom stereocenters. The number of carbonyl (C=O) groups is 1. The van der Waals surface area contributed by atoms with Crippen LogP contribution in [-0.2, 0) is 16.0 Å². The maximum Gasteiger partial charge on any atom is 0.312 e. The lowest BCUT2D eigenvalue weighted by Gasteiger charge is -2.12. The van der Waals surface area contributed by atoms with Crippen LogP contribution in [0.15, 0.2) is 24.3 Å². The molecule has 0 radical (unpaired) electrons. The van der Waals surface area contributed by atoms with Crippen LogP contribution < -0.4 is 0 Å². The van der Waals surface area contributed by atoms with Crippen LogP contribution in [0.2, 0.25) is 0 Å². The van der Waals surface area contributed by atoms with E-state index >= 15 is 0 Å². The molecule has 1 aliphatic carbocycles. The van der Waals surface area contributed by atoms with Crippen molar-refractivity contribution in [1.29, 1.82) is 0 Å². The minimum atomic E-state index is -0.340. The van der Waals surface area contributed by atoms with E-state index in [1.165, 1.54) is 19.2 Å². The molecule has 0 fully saturated rings. The molecule has 3 heteroatoms. The van der Waals surface area contributed by atoms with Crippen LogP contribution in [0.4, 0.5) is 4.39 Å². The number of carbonyl (C=O) groups excluding carboxylic acids is 1. The molecule has 1 aromatic carbocycles. The summed E-state index contributed by atoms with van der Waals surface area (Å²) in [6, 6.07) is 4.68. The van der Waals surface area contributed by atoms with Crippen molar-refractivity contribution in [2.24, 2.45) is 5.92 Å². The minimum Gasteiger partial charge on any atom is -0.469 e. The number of methoxy groups -OCH3 is 1. The van der Waals surface area contributed by atoms with Crippen LogP contribution in [0.3, 0.4) is 0 Å². The Balaban J connectivity index is 2.35. The van der Waals surface area contributed by atoms with Gasteiger partial charge in [-0.1, -0.05) is 12.1 Å². The number of esters is 1. The summed E-state index contributed by atoms with van der Waals surface area (Å²) in [6.45, 7) is 1.78. The second kappa shape index (κ2) is 4.08. The summed E-state index contributed by atoms with van der Waals surface area (Å²) in [4.78, 5) is 11.4. The summed E-state index contributed by atoms with van der Waals surface area (Å²) in [7, 11) is 1.36. The highest BCUT2D eigenvalue weighted by molar-refractivity contribution is 5.90. The molecular formula is C13H13FO2. The van der Waals surface area contributed by atoms with Crippen molar-refractivity contribution in [1.82, 2.24) is 0 Å². The van der Waals surface area contributed by atoms with Crippen molar-refractivity contribution >= 4 is 11.5 Å². The maximum absolute atomic E-state index is 13.1. The quantitative estimate of drug-likeness (QED) is 0.716. The molecule has 0 heterocycles. The summed E-state index contributed by atoms with van der Waals surface area (Å²) in [5, 5.41) is 0. The van der Waals surface area contributed by atoms with Crippen LogP contribution in [0.25, 0.3) is 5.57 Å². The lowest BCUT2D eigenvalue weighted by molar-refractivity contribution is -0.142. The maximum atomic E-state index is 13.1. The van der Waals surface area contributed by atoms with Gasteiger partial charge in [0, 0.05) is 0 Å². The molecule has 0 saturated heterocycles. The fraction of sp³-hybridized carbons (Fsp3) is 0.308. The van der Waals surface area contributed by atoms with Gasteiger partial charge in [-0.15, -0.1) is 0 Å². The predicted octanol–water partition coefficient (Wildman–Crippen LogP) is 2.57. The molecule has 0 aromatic heterocycles. The van der Waals surface area contributed by atoms with E-state index in [2.05, 4.69) is 0 Å². The average Bonchev–Trinajstić information content (AvgIpc) is 2.69. The highest BCUT2D eigenvalue weighted by Crippen LogP contribution is 2.33. The third-order valence-corrected chi connectivity index (χ3v) is 2.95.